The van der Waals surface area contributed by atoms with E-state index < -0.39 is 0 Å². The lowest BCUT2D eigenvalue weighted by Crippen LogP contribution is -1.87. The third-order valence-electron chi connectivity index (χ3n) is 2.14. The van der Waals surface area contributed by atoms with E-state index in [2.05, 4.69) is 47.6 Å². The SMILES string of the molecule is C=CCCc1ccc(CC)c(Br)c1. The molecule has 0 aliphatic rings. The maximum absolute atomic E-state index is 3.72. The van der Waals surface area contributed by atoms with Crippen molar-refractivity contribution in [2.75, 3.05) is 0 Å². The summed E-state index contributed by atoms with van der Waals surface area (Å²) in [4.78, 5) is 0. The Balaban J connectivity index is 2.76. The second-order valence-electron chi connectivity index (χ2n) is 3.11. The molecule has 0 spiro atoms. The third-order valence-corrected chi connectivity index (χ3v) is 2.87. The van der Waals surface area contributed by atoms with E-state index in [4.69, 9.17) is 0 Å². The maximum atomic E-state index is 3.72. The summed E-state index contributed by atoms with van der Waals surface area (Å²) in [7, 11) is 0. The third kappa shape index (κ3) is 3.00. The zero-order valence-electron chi connectivity index (χ0n) is 8.02. The van der Waals surface area contributed by atoms with Gasteiger partial charge in [0.2, 0.25) is 0 Å². The van der Waals surface area contributed by atoms with Gasteiger partial charge in [0.1, 0.15) is 0 Å². The van der Waals surface area contributed by atoms with Crippen LogP contribution in [-0.2, 0) is 12.8 Å². The van der Waals surface area contributed by atoms with Gasteiger partial charge in [-0.25, -0.2) is 0 Å². The number of rotatable bonds is 4. The summed E-state index contributed by atoms with van der Waals surface area (Å²) in [5.74, 6) is 0. The Morgan fingerprint density at radius 1 is 1.46 bits per heavy atom. The van der Waals surface area contributed by atoms with E-state index in [0.29, 0.717) is 0 Å². The first-order valence-electron chi connectivity index (χ1n) is 4.66. The zero-order valence-corrected chi connectivity index (χ0v) is 9.60. The number of benzene rings is 1. The summed E-state index contributed by atoms with van der Waals surface area (Å²) in [6.07, 6.45) is 5.19. The van der Waals surface area contributed by atoms with Crippen molar-refractivity contribution in [3.8, 4) is 0 Å². The number of hydrogen-bond acceptors (Lipinski definition) is 0. The van der Waals surface area contributed by atoms with Gasteiger partial charge < -0.3 is 0 Å². The van der Waals surface area contributed by atoms with E-state index in [-0.39, 0.29) is 0 Å². The van der Waals surface area contributed by atoms with Gasteiger partial charge in [-0.05, 0) is 36.5 Å². The minimum atomic E-state index is 1.05. The van der Waals surface area contributed by atoms with Crippen LogP contribution in [0, 0.1) is 0 Å². The largest absolute Gasteiger partial charge is 0.103 e. The number of hydrogen-bond donors (Lipinski definition) is 0. The van der Waals surface area contributed by atoms with Crippen LogP contribution in [0.2, 0.25) is 0 Å². The molecule has 0 heterocycles. The zero-order chi connectivity index (χ0) is 9.68. The molecule has 0 fully saturated rings. The predicted molar refractivity (Wildman–Crippen MR) is 62.0 cm³/mol. The summed E-state index contributed by atoms with van der Waals surface area (Å²) >= 11 is 3.57. The first kappa shape index (κ1) is 10.5. The Morgan fingerprint density at radius 2 is 2.23 bits per heavy atom. The second-order valence-corrected chi connectivity index (χ2v) is 3.96. The topological polar surface area (TPSA) is 0 Å². The van der Waals surface area contributed by atoms with E-state index in [1.165, 1.54) is 15.6 Å². The average molecular weight is 239 g/mol. The number of halogens is 1. The molecule has 0 amide bonds. The van der Waals surface area contributed by atoms with E-state index in [0.717, 1.165) is 19.3 Å². The van der Waals surface area contributed by atoms with E-state index >= 15 is 0 Å². The molecule has 0 saturated carbocycles. The van der Waals surface area contributed by atoms with Crippen molar-refractivity contribution in [1.82, 2.24) is 0 Å². The highest BCUT2D eigenvalue weighted by Crippen LogP contribution is 2.19. The van der Waals surface area contributed by atoms with Crippen LogP contribution < -0.4 is 0 Å². The molecule has 0 nitrogen and oxygen atoms in total. The van der Waals surface area contributed by atoms with E-state index in [9.17, 15) is 0 Å². The molecule has 0 radical (unpaired) electrons. The Bertz CT molecular complexity index is 289. The summed E-state index contributed by atoms with van der Waals surface area (Å²) in [6, 6.07) is 6.61. The molecule has 70 valence electrons. The van der Waals surface area contributed by atoms with E-state index in [1.807, 2.05) is 6.08 Å². The number of aryl methyl sites for hydroxylation is 2. The monoisotopic (exact) mass is 238 g/mol. The van der Waals surface area contributed by atoms with Crippen LogP contribution in [0.25, 0.3) is 0 Å². The van der Waals surface area contributed by atoms with Crippen molar-refractivity contribution in [1.29, 1.82) is 0 Å². The fraction of sp³-hybridized carbons (Fsp3) is 0.333. The molecular weight excluding hydrogens is 224 g/mol. The lowest BCUT2D eigenvalue weighted by molar-refractivity contribution is 0.995. The predicted octanol–water partition coefficient (Wildman–Crippen LogP) is 4.13. The van der Waals surface area contributed by atoms with Crippen LogP contribution >= 0.6 is 15.9 Å². The Labute approximate surface area is 88.8 Å². The van der Waals surface area contributed by atoms with Crippen LogP contribution in [0.3, 0.4) is 0 Å². The van der Waals surface area contributed by atoms with Gasteiger partial charge in [0.15, 0.2) is 0 Å². The molecule has 13 heavy (non-hydrogen) atoms. The van der Waals surface area contributed by atoms with Crippen LogP contribution in [0.4, 0.5) is 0 Å². The highest BCUT2D eigenvalue weighted by molar-refractivity contribution is 9.10. The van der Waals surface area contributed by atoms with Gasteiger partial charge in [-0.3, -0.25) is 0 Å². The molecule has 0 N–H and O–H groups in total. The fourth-order valence-electron chi connectivity index (χ4n) is 1.30. The van der Waals surface area contributed by atoms with Crippen molar-refractivity contribution >= 4 is 15.9 Å². The maximum Gasteiger partial charge on any atom is 0.0209 e. The molecule has 0 bridgehead atoms. The smallest absolute Gasteiger partial charge is 0.0209 e. The molecule has 0 unspecified atom stereocenters. The number of allylic oxidation sites excluding steroid dienone is 1. The highest BCUT2D eigenvalue weighted by atomic mass is 79.9. The lowest BCUT2D eigenvalue weighted by Gasteiger charge is -2.04. The van der Waals surface area contributed by atoms with Crippen molar-refractivity contribution in [2.45, 2.75) is 26.2 Å². The van der Waals surface area contributed by atoms with Crippen molar-refractivity contribution in [3.05, 3.63) is 46.5 Å². The van der Waals surface area contributed by atoms with Crippen LogP contribution in [-0.4, -0.2) is 0 Å². The van der Waals surface area contributed by atoms with E-state index in [1.54, 1.807) is 0 Å². The van der Waals surface area contributed by atoms with Gasteiger partial charge in [0.25, 0.3) is 0 Å². The fourth-order valence-corrected chi connectivity index (χ4v) is 2.01. The molecule has 0 aliphatic carbocycles. The first-order chi connectivity index (χ1) is 6.27. The van der Waals surface area contributed by atoms with Gasteiger partial charge in [0.05, 0.1) is 0 Å². The lowest BCUT2D eigenvalue weighted by atomic mass is 10.1. The van der Waals surface area contributed by atoms with Gasteiger partial charge in [0, 0.05) is 4.47 Å². The summed E-state index contributed by atoms with van der Waals surface area (Å²) < 4.78 is 1.23. The standard InChI is InChI=1S/C12H15Br/c1-3-5-6-10-7-8-11(4-2)12(13)9-10/h3,7-9H,1,4-6H2,2H3. The molecule has 1 aromatic carbocycles. The minimum absolute atomic E-state index is 1.05. The van der Waals surface area contributed by atoms with Crippen LogP contribution in [0.5, 0.6) is 0 Å². The van der Waals surface area contributed by atoms with Crippen LogP contribution in [0.15, 0.2) is 35.3 Å². The highest BCUT2D eigenvalue weighted by Gasteiger charge is 1.98. The van der Waals surface area contributed by atoms with Gasteiger partial charge >= 0.3 is 0 Å². The molecule has 0 atom stereocenters. The van der Waals surface area contributed by atoms with Gasteiger partial charge in [-0.1, -0.05) is 41.1 Å². The minimum Gasteiger partial charge on any atom is -0.103 e. The molecule has 1 heteroatoms. The second kappa shape index (κ2) is 5.23. The van der Waals surface area contributed by atoms with Crippen molar-refractivity contribution < 1.29 is 0 Å². The van der Waals surface area contributed by atoms with Crippen molar-refractivity contribution in [2.24, 2.45) is 0 Å². The molecule has 0 aromatic heterocycles. The Hall–Kier alpha value is -0.560. The van der Waals surface area contributed by atoms with Gasteiger partial charge in [-0.15, -0.1) is 6.58 Å². The summed E-state index contributed by atoms with van der Waals surface area (Å²) in [6.45, 7) is 5.89. The molecule has 0 aliphatic heterocycles. The summed E-state index contributed by atoms with van der Waals surface area (Å²) in [5, 5.41) is 0. The molecule has 1 aromatic rings. The van der Waals surface area contributed by atoms with Crippen molar-refractivity contribution in [3.63, 3.8) is 0 Å². The Morgan fingerprint density at radius 3 is 2.77 bits per heavy atom. The normalized spacial score (nSPS) is 10.0. The van der Waals surface area contributed by atoms with Crippen LogP contribution in [0.1, 0.15) is 24.5 Å². The van der Waals surface area contributed by atoms with Gasteiger partial charge in [-0.2, -0.15) is 0 Å². The average Bonchev–Trinajstić information content (AvgIpc) is 2.15. The first-order valence-corrected chi connectivity index (χ1v) is 5.45. The molecule has 1 rings (SSSR count). The quantitative estimate of drug-likeness (QED) is 0.693. The Kier molecular flexibility index (Phi) is 4.23. The summed E-state index contributed by atoms with van der Waals surface area (Å²) in [5.41, 5.74) is 2.76. The molecule has 0 saturated heterocycles. The molecular formula is C12H15Br.